The maximum absolute atomic E-state index is 11.1. The quantitative estimate of drug-likeness (QED) is 0.871. The molecule has 6 nitrogen and oxygen atoms in total. The molecule has 0 saturated heterocycles. The van der Waals surface area contributed by atoms with Crippen molar-refractivity contribution in [2.75, 3.05) is 17.7 Å². The number of rotatable bonds is 4. The molecule has 0 atom stereocenters. The second kappa shape index (κ2) is 4.25. The standard InChI is InChI=1S/C10H13N3O3S/c1-17(14,15)6-4-13-10(11)7-8(12-13)9-3-2-5-16-9/h2-3,5,7H,4,6,11H2,1H3. The Bertz CT molecular complexity index is 599. The Hall–Kier alpha value is -1.76. The van der Waals surface area contributed by atoms with E-state index in [2.05, 4.69) is 5.10 Å². The average molecular weight is 255 g/mol. The summed E-state index contributed by atoms with van der Waals surface area (Å²) in [5, 5.41) is 4.19. The summed E-state index contributed by atoms with van der Waals surface area (Å²) in [5.74, 6) is 1.03. The van der Waals surface area contributed by atoms with Crippen LogP contribution in [0.4, 0.5) is 5.82 Å². The van der Waals surface area contributed by atoms with Gasteiger partial charge in [0.25, 0.3) is 0 Å². The number of aryl methyl sites for hydroxylation is 1. The number of sulfone groups is 1. The molecule has 0 radical (unpaired) electrons. The largest absolute Gasteiger partial charge is 0.463 e. The second-order valence-electron chi connectivity index (χ2n) is 3.78. The molecule has 0 aromatic carbocycles. The number of nitrogens with two attached hydrogens (primary N) is 1. The molecule has 0 aliphatic carbocycles. The Kier molecular flexibility index (Phi) is 2.93. The highest BCUT2D eigenvalue weighted by molar-refractivity contribution is 7.90. The molecule has 0 amide bonds. The molecule has 2 rings (SSSR count). The smallest absolute Gasteiger partial charge is 0.154 e. The van der Waals surface area contributed by atoms with Crippen molar-refractivity contribution >= 4 is 15.7 Å². The van der Waals surface area contributed by atoms with Crippen LogP contribution in [0.2, 0.25) is 0 Å². The summed E-state index contributed by atoms with van der Waals surface area (Å²) in [6, 6.07) is 5.17. The molecular formula is C10H13N3O3S. The summed E-state index contributed by atoms with van der Waals surface area (Å²) in [6.07, 6.45) is 2.72. The van der Waals surface area contributed by atoms with Crippen LogP contribution < -0.4 is 5.73 Å². The van der Waals surface area contributed by atoms with Crippen molar-refractivity contribution in [2.24, 2.45) is 0 Å². The summed E-state index contributed by atoms with van der Waals surface area (Å²) in [7, 11) is -3.02. The summed E-state index contributed by atoms with van der Waals surface area (Å²) in [5.41, 5.74) is 6.34. The number of hydrogen-bond acceptors (Lipinski definition) is 5. The van der Waals surface area contributed by atoms with E-state index in [9.17, 15) is 8.42 Å². The van der Waals surface area contributed by atoms with Crippen LogP contribution in [-0.2, 0) is 16.4 Å². The van der Waals surface area contributed by atoms with Crippen LogP contribution in [-0.4, -0.2) is 30.2 Å². The first-order valence-corrected chi connectivity index (χ1v) is 7.07. The Morgan fingerprint density at radius 1 is 1.53 bits per heavy atom. The Morgan fingerprint density at radius 3 is 2.88 bits per heavy atom. The van der Waals surface area contributed by atoms with Crippen molar-refractivity contribution in [1.29, 1.82) is 0 Å². The lowest BCUT2D eigenvalue weighted by atomic mass is 10.3. The van der Waals surface area contributed by atoms with Crippen molar-refractivity contribution in [3.63, 3.8) is 0 Å². The number of nitrogen functional groups attached to an aromatic ring is 1. The molecular weight excluding hydrogens is 242 g/mol. The molecule has 2 N–H and O–H groups in total. The zero-order valence-corrected chi connectivity index (χ0v) is 10.1. The first kappa shape index (κ1) is 11.7. The van der Waals surface area contributed by atoms with Crippen LogP contribution in [0.3, 0.4) is 0 Å². The van der Waals surface area contributed by atoms with Gasteiger partial charge in [-0.15, -0.1) is 0 Å². The highest BCUT2D eigenvalue weighted by atomic mass is 32.2. The molecule has 0 bridgehead atoms. The molecule has 2 aromatic rings. The number of anilines is 1. The lowest BCUT2D eigenvalue weighted by Gasteiger charge is -2.01. The van der Waals surface area contributed by atoms with Crippen molar-refractivity contribution in [1.82, 2.24) is 9.78 Å². The molecule has 0 unspecified atom stereocenters. The van der Waals surface area contributed by atoms with Gasteiger partial charge in [0, 0.05) is 12.3 Å². The van der Waals surface area contributed by atoms with Crippen LogP contribution in [0.25, 0.3) is 11.5 Å². The fourth-order valence-electron chi connectivity index (χ4n) is 1.41. The summed E-state index contributed by atoms with van der Waals surface area (Å²) in [4.78, 5) is 0. The third-order valence-corrected chi connectivity index (χ3v) is 3.18. The molecule has 0 saturated carbocycles. The van der Waals surface area contributed by atoms with Crippen LogP contribution in [0.15, 0.2) is 28.9 Å². The van der Waals surface area contributed by atoms with E-state index in [4.69, 9.17) is 10.2 Å². The average Bonchev–Trinajstić information content (AvgIpc) is 2.82. The van der Waals surface area contributed by atoms with E-state index in [0.29, 0.717) is 17.3 Å². The molecule has 2 aromatic heterocycles. The minimum absolute atomic E-state index is 0.0104. The van der Waals surface area contributed by atoms with Gasteiger partial charge in [-0.25, -0.2) is 13.1 Å². The van der Waals surface area contributed by atoms with Crippen molar-refractivity contribution in [3.8, 4) is 11.5 Å². The molecule has 0 spiro atoms. The van der Waals surface area contributed by atoms with Gasteiger partial charge in [0.05, 0.1) is 18.6 Å². The summed E-state index contributed by atoms with van der Waals surface area (Å²) >= 11 is 0. The molecule has 0 aliphatic rings. The van der Waals surface area contributed by atoms with E-state index in [1.165, 1.54) is 10.9 Å². The fraction of sp³-hybridized carbons (Fsp3) is 0.300. The molecule has 17 heavy (non-hydrogen) atoms. The summed E-state index contributed by atoms with van der Waals surface area (Å²) in [6.45, 7) is 0.241. The molecule has 0 aliphatic heterocycles. The fourth-order valence-corrected chi connectivity index (χ4v) is 1.91. The predicted octanol–water partition coefficient (Wildman–Crippen LogP) is 0.770. The van der Waals surface area contributed by atoms with Crippen molar-refractivity contribution < 1.29 is 12.8 Å². The van der Waals surface area contributed by atoms with E-state index < -0.39 is 9.84 Å². The normalized spacial score (nSPS) is 11.8. The Balaban J connectivity index is 2.20. The number of nitrogens with zero attached hydrogens (tertiary/aromatic N) is 2. The maximum Gasteiger partial charge on any atom is 0.154 e. The van der Waals surface area contributed by atoms with Gasteiger partial charge in [0.15, 0.2) is 5.76 Å². The molecule has 7 heteroatoms. The SMILES string of the molecule is CS(=O)(=O)CCn1nc(-c2ccco2)cc1N. The van der Waals surface area contributed by atoms with Gasteiger partial charge in [-0.1, -0.05) is 0 Å². The van der Waals surface area contributed by atoms with Gasteiger partial charge in [0.2, 0.25) is 0 Å². The van der Waals surface area contributed by atoms with E-state index >= 15 is 0 Å². The van der Waals surface area contributed by atoms with Gasteiger partial charge in [-0.3, -0.25) is 0 Å². The predicted molar refractivity (Wildman–Crippen MR) is 64.1 cm³/mol. The van der Waals surface area contributed by atoms with E-state index in [1.54, 1.807) is 24.5 Å². The molecule has 2 heterocycles. The topological polar surface area (TPSA) is 91.1 Å². The lowest BCUT2D eigenvalue weighted by molar-refractivity contribution is 0.573. The van der Waals surface area contributed by atoms with E-state index in [-0.39, 0.29) is 12.3 Å². The Labute approximate surface area is 99.0 Å². The summed E-state index contributed by atoms with van der Waals surface area (Å²) < 4.78 is 28.7. The monoisotopic (exact) mass is 255 g/mol. The molecule has 0 fully saturated rings. The first-order chi connectivity index (χ1) is 7.96. The van der Waals surface area contributed by atoms with Gasteiger partial charge < -0.3 is 10.2 Å². The lowest BCUT2D eigenvalue weighted by Crippen LogP contribution is -2.13. The van der Waals surface area contributed by atoms with Crippen LogP contribution in [0.5, 0.6) is 0 Å². The maximum atomic E-state index is 11.1. The zero-order chi connectivity index (χ0) is 12.5. The Morgan fingerprint density at radius 2 is 2.29 bits per heavy atom. The van der Waals surface area contributed by atoms with Crippen molar-refractivity contribution in [3.05, 3.63) is 24.5 Å². The number of aromatic nitrogens is 2. The number of hydrogen-bond donors (Lipinski definition) is 1. The first-order valence-electron chi connectivity index (χ1n) is 5.00. The van der Waals surface area contributed by atoms with Crippen molar-refractivity contribution in [2.45, 2.75) is 6.54 Å². The van der Waals surface area contributed by atoms with Gasteiger partial charge in [0.1, 0.15) is 21.3 Å². The zero-order valence-electron chi connectivity index (χ0n) is 9.33. The van der Waals surface area contributed by atoms with Gasteiger partial charge in [-0.05, 0) is 12.1 Å². The third-order valence-electron chi connectivity index (χ3n) is 2.26. The van der Waals surface area contributed by atoms with E-state index in [0.717, 1.165) is 0 Å². The third kappa shape index (κ3) is 2.88. The highest BCUT2D eigenvalue weighted by Crippen LogP contribution is 2.20. The van der Waals surface area contributed by atoms with Gasteiger partial charge >= 0.3 is 0 Å². The van der Waals surface area contributed by atoms with Gasteiger partial charge in [-0.2, -0.15) is 5.10 Å². The minimum atomic E-state index is -3.02. The van der Waals surface area contributed by atoms with Crippen LogP contribution in [0, 0.1) is 0 Å². The van der Waals surface area contributed by atoms with Crippen LogP contribution >= 0.6 is 0 Å². The minimum Gasteiger partial charge on any atom is -0.463 e. The van der Waals surface area contributed by atoms with Crippen LogP contribution in [0.1, 0.15) is 0 Å². The molecule has 92 valence electrons. The second-order valence-corrected chi connectivity index (χ2v) is 6.04. The highest BCUT2D eigenvalue weighted by Gasteiger charge is 2.11. The number of furan rings is 1. The van der Waals surface area contributed by atoms with E-state index in [1.807, 2.05) is 0 Å².